The van der Waals surface area contributed by atoms with Gasteiger partial charge < -0.3 is 10.0 Å². The predicted octanol–water partition coefficient (Wildman–Crippen LogP) is 3.60. The van der Waals surface area contributed by atoms with Gasteiger partial charge in [0.2, 0.25) is 0 Å². The summed E-state index contributed by atoms with van der Waals surface area (Å²) in [4.78, 5) is 2.24. The van der Waals surface area contributed by atoms with Crippen LogP contribution in [-0.2, 0) is 6.54 Å². The molecule has 2 nitrogen and oxygen atoms in total. The van der Waals surface area contributed by atoms with Crippen LogP contribution in [0.25, 0.3) is 0 Å². The number of rotatable bonds is 6. The lowest BCUT2D eigenvalue weighted by atomic mass is 9.96. The summed E-state index contributed by atoms with van der Waals surface area (Å²) in [6, 6.07) is 17.9. The predicted molar refractivity (Wildman–Crippen MR) is 87.1 cm³/mol. The molecule has 1 unspecified atom stereocenters. The van der Waals surface area contributed by atoms with Crippen LogP contribution in [0.2, 0.25) is 0 Å². The van der Waals surface area contributed by atoms with Gasteiger partial charge in [-0.25, -0.2) is 0 Å². The largest absolute Gasteiger partial charge is 0.384 e. The zero-order chi connectivity index (χ0) is 14.4. The molecule has 20 heavy (non-hydrogen) atoms. The highest BCUT2D eigenvalue weighted by molar-refractivity contribution is 9.09. The van der Waals surface area contributed by atoms with E-state index in [1.165, 1.54) is 5.56 Å². The van der Waals surface area contributed by atoms with Crippen LogP contribution in [0.3, 0.4) is 0 Å². The first-order valence-corrected chi connectivity index (χ1v) is 7.90. The van der Waals surface area contributed by atoms with E-state index in [0.717, 1.165) is 29.5 Å². The molecule has 2 aromatic rings. The van der Waals surface area contributed by atoms with E-state index in [9.17, 15) is 5.11 Å². The third-order valence-corrected chi connectivity index (χ3v) is 3.73. The Morgan fingerprint density at radius 3 is 2.40 bits per heavy atom. The van der Waals surface area contributed by atoms with Crippen molar-refractivity contribution in [3.63, 3.8) is 0 Å². The standard InChI is InChI=1S/C17H20BrNO/c1-19(12-11-18)13-15-9-5-6-10-16(15)17(20)14-7-3-2-4-8-14/h2-10,17,20H,11-13H2,1H3. The minimum absolute atomic E-state index is 0.565. The fourth-order valence-electron chi connectivity index (χ4n) is 2.27. The lowest BCUT2D eigenvalue weighted by molar-refractivity contribution is 0.217. The first-order chi connectivity index (χ1) is 9.72. The molecule has 0 fully saturated rings. The van der Waals surface area contributed by atoms with Crippen LogP contribution < -0.4 is 0 Å². The van der Waals surface area contributed by atoms with Crippen molar-refractivity contribution in [3.05, 3.63) is 71.3 Å². The molecule has 0 bridgehead atoms. The molecule has 0 saturated carbocycles. The Morgan fingerprint density at radius 2 is 1.70 bits per heavy atom. The average molecular weight is 334 g/mol. The Labute approximate surface area is 129 Å². The summed E-state index contributed by atoms with van der Waals surface area (Å²) >= 11 is 3.46. The molecule has 0 aliphatic heterocycles. The van der Waals surface area contributed by atoms with Gasteiger partial charge in [-0.15, -0.1) is 0 Å². The molecule has 2 aromatic carbocycles. The third kappa shape index (κ3) is 3.92. The second kappa shape index (κ2) is 7.58. The fourth-order valence-corrected chi connectivity index (χ4v) is 2.88. The second-order valence-corrected chi connectivity index (χ2v) is 5.73. The maximum absolute atomic E-state index is 10.6. The summed E-state index contributed by atoms with van der Waals surface area (Å²) in [7, 11) is 2.09. The summed E-state index contributed by atoms with van der Waals surface area (Å²) in [6.45, 7) is 1.82. The van der Waals surface area contributed by atoms with Gasteiger partial charge in [-0.3, -0.25) is 0 Å². The SMILES string of the molecule is CN(CCBr)Cc1ccccc1C(O)c1ccccc1. The number of aliphatic hydroxyl groups excluding tert-OH is 1. The quantitative estimate of drug-likeness (QED) is 0.816. The van der Waals surface area contributed by atoms with Gasteiger partial charge in [0.05, 0.1) is 0 Å². The normalized spacial score (nSPS) is 12.6. The number of hydrogen-bond acceptors (Lipinski definition) is 2. The molecule has 1 N–H and O–H groups in total. The van der Waals surface area contributed by atoms with Crippen molar-refractivity contribution in [2.75, 3.05) is 18.9 Å². The molecule has 0 heterocycles. The molecule has 0 spiro atoms. The van der Waals surface area contributed by atoms with E-state index in [2.05, 4.69) is 33.9 Å². The molecule has 2 rings (SSSR count). The molecule has 0 amide bonds. The smallest absolute Gasteiger partial charge is 0.104 e. The highest BCUT2D eigenvalue weighted by Gasteiger charge is 2.14. The minimum Gasteiger partial charge on any atom is -0.384 e. The van der Waals surface area contributed by atoms with Gasteiger partial charge in [-0.05, 0) is 23.7 Å². The summed E-state index contributed by atoms with van der Waals surface area (Å²) < 4.78 is 0. The zero-order valence-electron chi connectivity index (χ0n) is 11.7. The Bertz CT molecular complexity index is 530. The molecular weight excluding hydrogens is 314 g/mol. The van der Waals surface area contributed by atoms with Crippen LogP contribution in [0.5, 0.6) is 0 Å². The van der Waals surface area contributed by atoms with E-state index in [1.54, 1.807) is 0 Å². The molecule has 0 aromatic heterocycles. The Morgan fingerprint density at radius 1 is 1.05 bits per heavy atom. The number of benzene rings is 2. The van der Waals surface area contributed by atoms with Gasteiger partial charge in [0.25, 0.3) is 0 Å². The van der Waals surface area contributed by atoms with Crippen molar-refractivity contribution in [2.45, 2.75) is 12.6 Å². The number of halogens is 1. The number of hydrogen-bond donors (Lipinski definition) is 1. The van der Waals surface area contributed by atoms with E-state index >= 15 is 0 Å². The topological polar surface area (TPSA) is 23.5 Å². The first kappa shape index (κ1) is 15.2. The number of nitrogens with zero attached hydrogens (tertiary/aromatic N) is 1. The average Bonchev–Trinajstić information content (AvgIpc) is 2.48. The van der Waals surface area contributed by atoms with Crippen molar-refractivity contribution in [1.29, 1.82) is 0 Å². The monoisotopic (exact) mass is 333 g/mol. The minimum atomic E-state index is -0.565. The number of aliphatic hydroxyl groups is 1. The molecule has 3 heteroatoms. The van der Waals surface area contributed by atoms with Gasteiger partial charge in [-0.1, -0.05) is 70.5 Å². The summed E-state index contributed by atoms with van der Waals surface area (Å²) in [5.74, 6) is 0. The van der Waals surface area contributed by atoms with Crippen LogP contribution in [0.15, 0.2) is 54.6 Å². The molecule has 0 aliphatic carbocycles. The van der Waals surface area contributed by atoms with Gasteiger partial charge >= 0.3 is 0 Å². The Hall–Kier alpha value is -1.16. The summed E-state index contributed by atoms with van der Waals surface area (Å²) in [6.07, 6.45) is -0.565. The highest BCUT2D eigenvalue weighted by Crippen LogP contribution is 2.25. The lowest BCUT2D eigenvalue weighted by Crippen LogP contribution is -2.21. The molecule has 0 aliphatic rings. The summed E-state index contributed by atoms with van der Waals surface area (Å²) in [5, 5.41) is 11.5. The Balaban J connectivity index is 2.23. The van der Waals surface area contributed by atoms with Crippen molar-refractivity contribution < 1.29 is 5.11 Å². The lowest BCUT2D eigenvalue weighted by Gasteiger charge is -2.20. The van der Waals surface area contributed by atoms with Crippen molar-refractivity contribution in [2.24, 2.45) is 0 Å². The Kier molecular flexibility index (Phi) is 5.77. The zero-order valence-corrected chi connectivity index (χ0v) is 13.3. The van der Waals surface area contributed by atoms with Gasteiger partial charge in [0, 0.05) is 18.4 Å². The molecule has 1 atom stereocenters. The van der Waals surface area contributed by atoms with Crippen molar-refractivity contribution in [3.8, 4) is 0 Å². The maximum atomic E-state index is 10.6. The number of alkyl halides is 1. The fraction of sp³-hybridized carbons (Fsp3) is 0.294. The second-order valence-electron chi connectivity index (χ2n) is 4.94. The first-order valence-electron chi connectivity index (χ1n) is 6.77. The summed E-state index contributed by atoms with van der Waals surface area (Å²) in [5.41, 5.74) is 3.09. The van der Waals surface area contributed by atoms with E-state index in [1.807, 2.05) is 48.5 Å². The van der Waals surface area contributed by atoms with E-state index in [0.29, 0.717) is 0 Å². The van der Waals surface area contributed by atoms with Crippen LogP contribution in [0.1, 0.15) is 22.8 Å². The molecular formula is C17H20BrNO. The molecule has 0 radical (unpaired) electrons. The van der Waals surface area contributed by atoms with Gasteiger partial charge in [-0.2, -0.15) is 0 Å². The highest BCUT2D eigenvalue weighted by atomic mass is 79.9. The van der Waals surface area contributed by atoms with Crippen LogP contribution in [0, 0.1) is 0 Å². The van der Waals surface area contributed by atoms with Crippen LogP contribution in [0.4, 0.5) is 0 Å². The maximum Gasteiger partial charge on any atom is 0.104 e. The van der Waals surface area contributed by atoms with Crippen LogP contribution >= 0.6 is 15.9 Å². The van der Waals surface area contributed by atoms with Gasteiger partial charge in [0.15, 0.2) is 0 Å². The van der Waals surface area contributed by atoms with E-state index in [-0.39, 0.29) is 0 Å². The molecule has 0 saturated heterocycles. The van der Waals surface area contributed by atoms with Crippen molar-refractivity contribution >= 4 is 15.9 Å². The van der Waals surface area contributed by atoms with E-state index in [4.69, 9.17) is 0 Å². The van der Waals surface area contributed by atoms with Gasteiger partial charge in [0.1, 0.15) is 6.10 Å². The van der Waals surface area contributed by atoms with Crippen LogP contribution in [-0.4, -0.2) is 28.9 Å². The molecule has 106 valence electrons. The van der Waals surface area contributed by atoms with E-state index < -0.39 is 6.10 Å². The third-order valence-electron chi connectivity index (χ3n) is 3.37. The van der Waals surface area contributed by atoms with Crippen molar-refractivity contribution in [1.82, 2.24) is 4.90 Å².